The first-order valence-corrected chi connectivity index (χ1v) is 5.24. The molecule has 16 heavy (non-hydrogen) atoms. The zero-order chi connectivity index (χ0) is 11.4. The quantitative estimate of drug-likeness (QED) is 0.805. The van der Waals surface area contributed by atoms with Crippen LogP contribution in [0.1, 0.15) is 23.0 Å². The number of H-pyrrole nitrogens is 1. The Morgan fingerprint density at radius 2 is 2.12 bits per heavy atom. The Bertz CT molecular complexity index is 463. The van der Waals surface area contributed by atoms with E-state index >= 15 is 0 Å². The topological polar surface area (TPSA) is 66.5 Å². The van der Waals surface area contributed by atoms with E-state index in [0.29, 0.717) is 0 Å². The van der Waals surface area contributed by atoms with Gasteiger partial charge in [0.25, 0.3) is 0 Å². The van der Waals surface area contributed by atoms with Crippen molar-refractivity contribution in [2.45, 2.75) is 26.9 Å². The van der Waals surface area contributed by atoms with Gasteiger partial charge in [0, 0.05) is 31.2 Å². The van der Waals surface area contributed by atoms with Crippen molar-refractivity contribution in [2.75, 3.05) is 0 Å². The minimum Gasteiger partial charge on any atom is -0.345 e. The molecule has 0 saturated heterocycles. The molecule has 2 aromatic rings. The molecule has 0 saturated carbocycles. The molecule has 0 unspecified atom stereocenters. The fraction of sp³-hybridized carbons (Fsp3) is 0.364. The van der Waals surface area contributed by atoms with E-state index in [9.17, 15) is 0 Å². The van der Waals surface area contributed by atoms with Crippen molar-refractivity contribution >= 4 is 0 Å². The van der Waals surface area contributed by atoms with Crippen molar-refractivity contribution in [1.29, 1.82) is 0 Å². The lowest BCUT2D eigenvalue weighted by atomic mass is 10.4. The van der Waals surface area contributed by atoms with Crippen molar-refractivity contribution in [3.05, 3.63) is 41.5 Å². The van der Waals surface area contributed by atoms with E-state index in [-0.39, 0.29) is 0 Å². The molecule has 84 valence electrons. The highest BCUT2D eigenvalue weighted by Gasteiger charge is 1.98. The molecule has 0 spiro atoms. The molecule has 0 aliphatic rings. The van der Waals surface area contributed by atoms with Gasteiger partial charge < -0.3 is 10.3 Å². The second-order valence-electron chi connectivity index (χ2n) is 3.69. The van der Waals surface area contributed by atoms with E-state index < -0.39 is 0 Å². The van der Waals surface area contributed by atoms with E-state index in [1.807, 2.05) is 26.1 Å². The average Bonchev–Trinajstić information content (AvgIpc) is 2.64. The number of hydrogen-bond acceptors (Lipinski definition) is 4. The zero-order valence-electron chi connectivity index (χ0n) is 9.49. The lowest BCUT2D eigenvalue weighted by Gasteiger charge is -2.02. The van der Waals surface area contributed by atoms with Gasteiger partial charge in [-0.3, -0.25) is 0 Å². The van der Waals surface area contributed by atoms with E-state index in [4.69, 9.17) is 0 Å². The summed E-state index contributed by atoms with van der Waals surface area (Å²) >= 11 is 0. The van der Waals surface area contributed by atoms with Crippen LogP contribution in [0.2, 0.25) is 0 Å². The second kappa shape index (κ2) is 4.85. The van der Waals surface area contributed by atoms with Crippen LogP contribution in [0.3, 0.4) is 0 Å². The molecule has 0 aliphatic heterocycles. The van der Waals surface area contributed by atoms with Gasteiger partial charge in [0.1, 0.15) is 11.6 Å². The highest BCUT2D eigenvalue weighted by atomic mass is 15.0. The number of aromatic nitrogens is 4. The van der Waals surface area contributed by atoms with Gasteiger partial charge in [-0.05, 0) is 19.9 Å². The molecule has 0 radical (unpaired) electrons. The number of aryl methyl sites for hydroxylation is 2. The first-order chi connectivity index (χ1) is 7.74. The number of aromatic amines is 1. The van der Waals surface area contributed by atoms with Crippen molar-refractivity contribution in [3.63, 3.8) is 0 Å². The first-order valence-electron chi connectivity index (χ1n) is 5.24. The van der Waals surface area contributed by atoms with Crippen molar-refractivity contribution < 1.29 is 0 Å². The molecule has 0 aliphatic carbocycles. The lowest BCUT2D eigenvalue weighted by Crippen LogP contribution is -2.14. The third-order valence-corrected chi connectivity index (χ3v) is 2.21. The van der Waals surface area contributed by atoms with Crippen LogP contribution in [0.15, 0.2) is 18.5 Å². The Morgan fingerprint density at radius 3 is 2.81 bits per heavy atom. The van der Waals surface area contributed by atoms with Crippen molar-refractivity contribution in [1.82, 2.24) is 25.3 Å². The van der Waals surface area contributed by atoms with Gasteiger partial charge >= 0.3 is 0 Å². The Labute approximate surface area is 94.4 Å². The molecule has 2 aromatic heterocycles. The number of hydrogen-bond donors (Lipinski definition) is 2. The van der Waals surface area contributed by atoms with Crippen LogP contribution < -0.4 is 5.32 Å². The third-order valence-electron chi connectivity index (χ3n) is 2.21. The number of nitrogens with zero attached hydrogens (tertiary/aromatic N) is 3. The van der Waals surface area contributed by atoms with Gasteiger partial charge in [-0.25, -0.2) is 15.0 Å². The molecule has 5 nitrogen and oxygen atoms in total. The number of nitrogens with one attached hydrogen (secondary N) is 2. The minimum atomic E-state index is 0.738. The molecule has 2 rings (SSSR count). The summed E-state index contributed by atoms with van der Waals surface area (Å²) < 4.78 is 0. The first kappa shape index (κ1) is 10.8. The highest BCUT2D eigenvalue weighted by molar-refractivity contribution is 5.03. The fourth-order valence-electron chi connectivity index (χ4n) is 1.49. The number of imidazole rings is 1. The minimum absolute atomic E-state index is 0.738. The predicted molar refractivity (Wildman–Crippen MR) is 60.6 cm³/mol. The summed E-state index contributed by atoms with van der Waals surface area (Å²) in [5.41, 5.74) is 2.09. The number of rotatable bonds is 4. The maximum Gasteiger partial charge on any atom is 0.125 e. The summed E-state index contributed by atoms with van der Waals surface area (Å²) in [6.07, 6.45) is 3.62. The van der Waals surface area contributed by atoms with E-state index in [0.717, 1.165) is 36.1 Å². The van der Waals surface area contributed by atoms with Crippen LogP contribution in [-0.4, -0.2) is 19.9 Å². The lowest BCUT2D eigenvalue weighted by molar-refractivity contribution is 0.665. The van der Waals surface area contributed by atoms with E-state index in [1.165, 1.54) is 0 Å². The molecule has 0 fully saturated rings. The second-order valence-corrected chi connectivity index (χ2v) is 3.69. The largest absolute Gasteiger partial charge is 0.345 e. The van der Waals surface area contributed by atoms with Crippen LogP contribution in [0.5, 0.6) is 0 Å². The Kier molecular flexibility index (Phi) is 3.26. The Morgan fingerprint density at radius 1 is 1.25 bits per heavy atom. The predicted octanol–water partition coefficient (Wildman–Crippen LogP) is 1.11. The molecule has 2 N–H and O–H groups in total. The summed E-state index contributed by atoms with van der Waals surface area (Å²) in [6, 6.07) is 1.91. The van der Waals surface area contributed by atoms with Crippen LogP contribution in [0.25, 0.3) is 0 Å². The molecule has 2 heterocycles. The van der Waals surface area contributed by atoms with Crippen LogP contribution >= 0.6 is 0 Å². The summed E-state index contributed by atoms with van der Waals surface area (Å²) in [4.78, 5) is 15.7. The summed E-state index contributed by atoms with van der Waals surface area (Å²) in [5, 5.41) is 3.30. The summed E-state index contributed by atoms with van der Waals surface area (Å²) in [5.74, 6) is 1.74. The highest BCUT2D eigenvalue weighted by Crippen LogP contribution is 1.97. The summed E-state index contributed by atoms with van der Waals surface area (Å²) in [7, 11) is 0. The Balaban J connectivity index is 1.84. The maximum atomic E-state index is 4.31. The summed E-state index contributed by atoms with van der Waals surface area (Å²) in [6.45, 7) is 5.34. The van der Waals surface area contributed by atoms with Crippen molar-refractivity contribution in [2.24, 2.45) is 0 Å². The molecular formula is C11H15N5. The third kappa shape index (κ3) is 2.87. The maximum absolute atomic E-state index is 4.31. The SMILES string of the molecule is Cc1nccc(CNCc2cnc(C)[nH]2)n1. The molecule has 0 aromatic carbocycles. The zero-order valence-corrected chi connectivity index (χ0v) is 9.49. The normalized spacial score (nSPS) is 10.6. The molecule has 0 amide bonds. The van der Waals surface area contributed by atoms with Crippen LogP contribution in [-0.2, 0) is 13.1 Å². The molecular weight excluding hydrogens is 202 g/mol. The standard InChI is InChI=1S/C11H15N5/c1-8-13-4-3-10(15-8)5-12-6-11-7-14-9(2)16-11/h3-4,7,12H,5-6H2,1-2H3,(H,14,16). The fourth-order valence-corrected chi connectivity index (χ4v) is 1.49. The van der Waals surface area contributed by atoms with Crippen molar-refractivity contribution in [3.8, 4) is 0 Å². The van der Waals surface area contributed by atoms with Gasteiger partial charge in [0.15, 0.2) is 0 Å². The van der Waals surface area contributed by atoms with Gasteiger partial charge in [-0.2, -0.15) is 0 Å². The van der Waals surface area contributed by atoms with Gasteiger partial charge in [0.05, 0.1) is 5.69 Å². The van der Waals surface area contributed by atoms with Gasteiger partial charge in [0.2, 0.25) is 0 Å². The molecule has 0 atom stereocenters. The van der Waals surface area contributed by atoms with E-state index in [1.54, 1.807) is 6.20 Å². The van der Waals surface area contributed by atoms with Crippen LogP contribution in [0, 0.1) is 13.8 Å². The monoisotopic (exact) mass is 217 g/mol. The van der Waals surface area contributed by atoms with Gasteiger partial charge in [-0.1, -0.05) is 0 Å². The smallest absolute Gasteiger partial charge is 0.125 e. The Hall–Kier alpha value is -1.75. The average molecular weight is 217 g/mol. The van der Waals surface area contributed by atoms with Gasteiger partial charge in [-0.15, -0.1) is 0 Å². The molecule has 5 heteroatoms. The molecule has 0 bridgehead atoms. The van der Waals surface area contributed by atoms with Crippen LogP contribution in [0.4, 0.5) is 0 Å². The van der Waals surface area contributed by atoms with E-state index in [2.05, 4.69) is 25.3 Å².